The Morgan fingerprint density at radius 2 is 2.04 bits per heavy atom. The maximum atomic E-state index is 5.84. The Kier molecular flexibility index (Phi) is 6.66. The topological polar surface area (TPSA) is 55.7 Å². The van der Waals surface area contributed by atoms with Gasteiger partial charge in [0.25, 0.3) is 0 Å². The number of anilines is 1. The Labute approximate surface area is 170 Å². The summed E-state index contributed by atoms with van der Waals surface area (Å²) in [5.41, 5.74) is 8.46. The Morgan fingerprint density at radius 3 is 2.79 bits per heavy atom. The van der Waals surface area contributed by atoms with Crippen LogP contribution in [0, 0.1) is 13.8 Å². The minimum absolute atomic E-state index is 0.625. The van der Waals surface area contributed by atoms with Crippen molar-refractivity contribution in [1.29, 1.82) is 0 Å². The molecule has 0 aliphatic heterocycles. The molecule has 1 N–H and O–H groups in total. The van der Waals surface area contributed by atoms with Crippen LogP contribution in [-0.2, 0) is 0 Å². The van der Waals surface area contributed by atoms with Gasteiger partial charge in [0, 0.05) is 16.5 Å². The van der Waals surface area contributed by atoms with Gasteiger partial charge in [-0.05, 0) is 49.6 Å². The van der Waals surface area contributed by atoms with Gasteiger partial charge in [-0.3, -0.25) is 5.43 Å². The van der Waals surface area contributed by atoms with Crippen LogP contribution in [0.4, 0.5) is 5.13 Å². The van der Waals surface area contributed by atoms with Crippen molar-refractivity contribution in [2.24, 2.45) is 5.10 Å². The van der Waals surface area contributed by atoms with E-state index >= 15 is 0 Å². The average molecular weight is 396 g/mol. The highest BCUT2D eigenvalue weighted by Crippen LogP contribution is 2.30. The Morgan fingerprint density at radius 1 is 1.18 bits per heavy atom. The smallest absolute Gasteiger partial charge is 0.203 e. The summed E-state index contributed by atoms with van der Waals surface area (Å²) in [6.07, 6.45) is 2.65. The number of methoxy groups -OCH3 is 1. The lowest BCUT2D eigenvalue weighted by Crippen LogP contribution is -2.01. The van der Waals surface area contributed by atoms with Crippen LogP contribution in [0.1, 0.15) is 30.0 Å². The van der Waals surface area contributed by atoms with Crippen molar-refractivity contribution < 1.29 is 9.47 Å². The molecule has 0 aliphatic rings. The van der Waals surface area contributed by atoms with Gasteiger partial charge in [0.15, 0.2) is 11.5 Å². The first kappa shape index (κ1) is 19.9. The summed E-state index contributed by atoms with van der Waals surface area (Å²) in [6, 6.07) is 12.1. The number of para-hydroxylation sites is 1. The minimum Gasteiger partial charge on any atom is -0.493 e. The molecule has 1 aromatic heterocycles. The molecule has 5 nitrogen and oxygen atoms in total. The summed E-state index contributed by atoms with van der Waals surface area (Å²) in [5.74, 6) is 1.40. The third-order valence-electron chi connectivity index (χ3n) is 4.35. The molecule has 2 aromatic carbocycles. The van der Waals surface area contributed by atoms with Crippen molar-refractivity contribution in [3.63, 3.8) is 0 Å². The molecule has 3 aromatic rings. The molecule has 0 saturated carbocycles. The van der Waals surface area contributed by atoms with E-state index in [2.05, 4.69) is 54.5 Å². The van der Waals surface area contributed by atoms with Crippen molar-refractivity contribution in [3.05, 3.63) is 58.5 Å². The number of hydrazone groups is 1. The number of thiazole rings is 1. The van der Waals surface area contributed by atoms with E-state index in [0.29, 0.717) is 18.1 Å². The second-order valence-electron chi connectivity index (χ2n) is 6.43. The molecule has 146 valence electrons. The van der Waals surface area contributed by atoms with Crippen LogP contribution in [0.25, 0.3) is 11.3 Å². The normalized spacial score (nSPS) is 11.0. The molecular formula is C22H25N3O2S. The highest BCUT2D eigenvalue weighted by molar-refractivity contribution is 7.14. The molecule has 0 amide bonds. The maximum Gasteiger partial charge on any atom is 0.203 e. The second-order valence-corrected chi connectivity index (χ2v) is 7.29. The molecule has 0 bridgehead atoms. The lowest BCUT2D eigenvalue weighted by Gasteiger charge is -2.12. The minimum atomic E-state index is 0.625. The first-order chi connectivity index (χ1) is 13.6. The van der Waals surface area contributed by atoms with E-state index < -0.39 is 0 Å². The second kappa shape index (κ2) is 9.37. The van der Waals surface area contributed by atoms with Gasteiger partial charge in [-0.15, -0.1) is 11.3 Å². The predicted molar refractivity (Wildman–Crippen MR) is 117 cm³/mol. The molecule has 0 atom stereocenters. The highest BCUT2D eigenvalue weighted by atomic mass is 32.1. The fourth-order valence-electron chi connectivity index (χ4n) is 2.67. The van der Waals surface area contributed by atoms with E-state index in [1.54, 1.807) is 13.3 Å². The van der Waals surface area contributed by atoms with Crippen LogP contribution >= 0.6 is 11.3 Å². The van der Waals surface area contributed by atoms with Crippen LogP contribution < -0.4 is 14.9 Å². The number of nitrogens with one attached hydrogen (secondary N) is 1. The van der Waals surface area contributed by atoms with E-state index in [1.807, 2.05) is 23.6 Å². The van der Waals surface area contributed by atoms with Crippen LogP contribution in [0.3, 0.4) is 0 Å². The summed E-state index contributed by atoms with van der Waals surface area (Å²) in [4.78, 5) is 4.63. The van der Waals surface area contributed by atoms with Crippen molar-refractivity contribution >= 4 is 22.7 Å². The highest BCUT2D eigenvalue weighted by Gasteiger charge is 2.09. The van der Waals surface area contributed by atoms with Gasteiger partial charge < -0.3 is 9.47 Å². The molecular weight excluding hydrogens is 370 g/mol. The lowest BCUT2D eigenvalue weighted by molar-refractivity contribution is 0.294. The van der Waals surface area contributed by atoms with Crippen LogP contribution in [-0.4, -0.2) is 24.9 Å². The zero-order valence-electron chi connectivity index (χ0n) is 16.7. The fraction of sp³-hybridized carbons (Fsp3) is 0.273. The van der Waals surface area contributed by atoms with E-state index in [4.69, 9.17) is 9.47 Å². The standard InChI is InChI=1S/C22H25N3O2S/c1-5-11-27-21-18(7-6-8-20(21)26-4)13-23-25-22-24-19(14-28-22)17-10-9-15(2)16(3)12-17/h6-10,12-14H,5,11H2,1-4H3,(H,24,25)/b23-13-. The van der Waals surface area contributed by atoms with E-state index in [9.17, 15) is 0 Å². The summed E-state index contributed by atoms with van der Waals surface area (Å²) < 4.78 is 11.2. The number of hydrogen-bond donors (Lipinski definition) is 1. The Balaban J connectivity index is 1.73. The van der Waals surface area contributed by atoms with Gasteiger partial charge in [0.1, 0.15) is 0 Å². The molecule has 0 unspecified atom stereocenters. The van der Waals surface area contributed by atoms with Crippen molar-refractivity contribution in [2.45, 2.75) is 27.2 Å². The van der Waals surface area contributed by atoms with Gasteiger partial charge in [-0.1, -0.05) is 25.1 Å². The first-order valence-electron chi connectivity index (χ1n) is 9.24. The number of aromatic nitrogens is 1. The third kappa shape index (κ3) is 4.70. The molecule has 1 heterocycles. The molecule has 0 fully saturated rings. The Hall–Kier alpha value is -2.86. The van der Waals surface area contributed by atoms with Gasteiger partial charge in [0.2, 0.25) is 5.13 Å². The fourth-order valence-corrected chi connectivity index (χ4v) is 3.34. The SMILES string of the molecule is CCCOc1c(/C=N\Nc2nc(-c3ccc(C)c(C)c3)cs2)cccc1OC. The van der Waals surface area contributed by atoms with Crippen molar-refractivity contribution in [1.82, 2.24) is 4.98 Å². The van der Waals surface area contributed by atoms with Crippen molar-refractivity contribution in [2.75, 3.05) is 19.1 Å². The molecule has 6 heteroatoms. The number of nitrogens with zero attached hydrogens (tertiary/aromatic N) is 2. The van der Waals surface area contributed by atoms with Crippen molar-refractivity contribution in [3.8, 4) is 22.8 Å². The maximum absolute atomic E-state index is 5.84. The summed E-state index contributed by atoms with van der Waals surface area (Å²) in [5, 5.41) is 7.10. The lowest BCUT2D eigenvalue weighted by atomic mass is 10.1. The molecule has 28 heavy (non-hydrogen) atoms. The van der Waals surface area contributed by atoms with Crippen LogP contribution in [0.2, 0.25) is 0 Å². The van der Waals surface area contributed by atoms with Gasteiger partial charge in [0.05, 0.1) is 25.6 Å². The van der Waals surface area contributed by atoms with Crippen LogP contribution in [0.5, 0.6) is 11.5 Å². The van der Waals surface area contributed by atoms with E-state index in [-0.39, 0.29) is 0 Å². The molecule has 0 spiro atoms. The van der Waals surface area contributed by atoms with Gasteiger partial charge >= 0.3 is 0 Å². The summed E-state index contributed by atoms with van der Waals surface area (Å²) in [6.45, 7) is 6.92. The zero-order valence-corrected chi connectivity index (χ0v) is 17.5. The molecule has 0 radical (unpaired) electrons. The molecule has 3 rings (SSSR count). The zero-order chi connectivity index (χ0) is 19.9. The number of hydrogen-bond acceptors (Lipinski definition) is 6. The Bertz CT molecular complexity index is 966. The number of aryl methyl sites for hydroxylation is 2. The van der Waals surface area contributed by atoms with E-state index in [0.717, 1.165) is 28.4 Å². The average Bonchev–Trinajstić information content (AvgIpc) is 3.17. The van der Waals surface area contributed by atoms with Gasteiger partial charge in [-0.2, -0.15) is 5.10 Å². The third-order valence-corrected chi connectivity index (χ3v) is 5.10. The predicted octanol–water partition coefficient (Wildman–Crippen LogP) is 5.67. The van der Waals surface area contributed by atoms with E-state index in [1.165, 1.54) is 22.5 Å². The monoisotopic (exact) mass is 395 g/mol. The first-order valence-corrected chi connectivity index (χ1v) is 10.1. The number of ether oxygens (including phenoxy) is 2. The van der Waals surface area contributed by atoms with Crippen LogP contribution in [0.15, 0.2) is 46.9 Å². The van der Waals surface area contributed by atoms with Gasteiger partial charge in [-0.25, -0.2) is 4.98 Å². The largest absolute Gasteiger partial charge is 0.493 e. The number of rotatable bonds is 8. The quantitative estimate of drug-likeness (QED) is 0.394. The molecule has 0 aliphatic carbocycles. The molecule has 0 saturated heterocycles. The summed E-state index contributed by atoms with van der Waals surface area (Å²) >= 11 is 1.52. The number of benzene rings is 2. The summed E-state index contributed by atoms with van der Waals surface area (Å²) in [7, 11) is 1.64.